The van der Waals surface area contributed by atoms with Gasteiger partial charge in [-0.2, -0.15) is 0 Å². The van der Waals surface area contributed by atoms with Gasteiger partial charge >= 0.3 is 0 Å². The largest absolute Gasteiger partial charge is 0.486 e. The molecule has 1 atom stereocenters. The van der Waals surface area contributed by atoms with Crippen LogP contribution in [0.3, 0.4) is 0 Å². The smallest absolute Gasteiger partial charge is 0.163 e. The Morgan fingerprint density at radius 2 is 1.78 bits per heavy atom. The minimum Gasteiger partial charge on any atom is -0.486 e. The Morgan fingerprint density at radius 1 is 1.11 bits per heavy atom. The highest BCUT2D eigenvalue weighted by atomic mass is 16.6. The zero-order valence-electron chi connectivity index (χ0n) is 11.4. The first kappa shape index (κ1) is 11.7. The highest BCUT2D eigenvalue weighted by Gasteiger charge is 2.29. The molecule has 1 aromatic carbocycles. The molecule has 3 nitrogen and oxygen atoms in total. The second-order valence-corrected chi connectivity index (χ2v) is 6.30. The fraction of sp³-hybridized carbons (Fsp3) is 0.600. The highest BCUT2D eigenvalue weighted by molar-refractivity contribution is 5.62. The van der Waals surface area contributed by atoms with E-state index in [-0.39, 0.29) is 0 Å². The van der Waals surface area contributed by atoms with Gasteiger partial charge in [-0.3, -0.25) is 0 Å². The van der Waals surface area contributed by atoms with Gasteiger partial charge in [0.1, 0.15) is 13.2 Å². The van der Waals surface area contributed by atoms with Crippen LogP contribution >= 0.6 is 0 Å². The Labute approximate surface area is 108 Å². The summed E-state index contributed by atoms with van der Waals surface area (Å²) >= 11 is 0. The zero-order valence-corrected chi connectivity index (χ0v) is 11.4. The maximum absolute atomic E-state index is 5.66. The SMILES string of the molecule is CC(C)(C)C1CNc2cc3c(cc2C1)OCCO3. The molecule has 0 aromatic heterocycles. The van der Waals surface area contributed by atoms with E-state index in [1.54, 1.807) is 0 Å². The van der Waals surface area contributed by atoms with E-state index in [9.17, 15) is 0 Å². The van der Waals surface area contributed by atoms with Crippen molar-refractivity contribution in [2.75, 3.05) is 25.1 Å². The van der Waals surface area contributed by atoms with Gasteiger partial charge in [0.05, 0.1) is 0 Å². The van der Waals surface area contributed by atoms with Crippen LogP contribution in [0.25, 0.3) is 0 Å². The Bertz CT molecular complexity index is 462. The van der Waals surface area contributed by atoms with E-state index in [4.69, 9.17) is 9.47 Å². The van der Waals surface area contributed by atoms with Crippen LogP contribution in [0.5, 0.6) is 11.5 Å². The van der Waals surface area contributed by atoms with Gasteiger partial charge in [-0.25, -0.2) is 0 Å². The standard InChI is InChI=1S/C15H21NO2/c1-15(2,3)11-6-10-7-13-14(18-5-4-17-13)8-12(10)16-9-11/h7-8,11,16H,4-6,9H2,1-3H3. The molecule has 1 N–H and O–H groups in total. The maximum atomic E-state index is 5.66. The van der Waals surface area contributed by atoms with Gasteiger partial charge < -0.3 is 14.8 Å². The lowest BCUT2D eigenvalue weighted by Gasteiger charge is -2.36. The van der Waals surface area contributed by atoms with Gasteiger partial charge in [-0.05, 0) is 29.4 Å². The van der Waals surface area contributed by atoms with E-state index in [0.29, 0.717) is 24.5 Å². The Balaban J connectivity index is 1.91. The van der Waals surface area contributed by atoms with Crippen molar-refractivity contribution in [3.05, 3.63) is 17.7 Å². The van der Waals surface area contributed by atoms with Gasteiger partial charge in [-0.1, -0.05) is 20.8 Å². The third kappa shape index (κ3) is 2.02. The molecule has 3 rings (SSSR count). The summed E-state index contributed by atoms with van der Waals surface area (Å²) in [6, 6.07) is 4.23. The lowest BCUT2D eigenvalue weighted by atomic mass is 9.75. The van der Waals surface area contributed by atoms with Crippen LogP contribution in [-0.4, -0.2) is 19.8 Å². The molecule has 0 fully saturated rings. The molecule has 0 bridgehead atoms. The van der Waals surface area contributed by atoms with Crippen molar-refractivity contribution < 1.29 is 9.47 Å². The van der Waals surface area contributed by atoms with Crippen LogP contribution in [0.1, 0.15) is 26.3 Å². The maximum Gasteiger partial charge on any atom is 0.163 e. The van der Waals surface area contributed by atoms with Gasteiger partial charge in [0.25, 0.3) is 0 Å². The number of hydrogen-bond acceptors (Lipinski definition) is 3. The molecule has 0 saturated heterocycles. The van der Waals surface area contributed by atoms with Gasteiger partial charge in [0, 0.05) is 18.3 Å². The molecular formula is C15H21NO2. The lowest BCUT2D eigenvalue weighted by Crippen LogP contribution is -2.33. The van der Waals surface area contributed by atoms with Crippen LogP contribution < -0.4 is 14.8 Å². The summed E-state index contributed by atoms with van der Waals surface area (Å²) in [7, 11) is 0. The molecule has 0 saturated carbocycles. The fourth-order valence-corrected chi connectivity index (χ4v) is 2.65. The summed E-state index contributed by atoms with van der Waals surface area (Å²) in [6.07, 6.45) is 1.11. The molecule has 1 unspecified atom stereocenters. The van der Waals surface area contributed by atoms with E-state index in [2.05, 4.69) is 38.2 Å². The van der Waals surface area contributed by atoms with Crippen molar-refractivity contribution in [3.63, 3.8) is 0 Å². The summed E-state index contributed by atoms with van der Waals surface area (Å²) in [4.78, 5) is 0. The number of anilines is 1. The van der Waals surface area contributed by atoms with Crippen LogP contribution in [0, 0.1) is 11.3 Å². The summed E-state index contributed by atoms with van der Waals surface area (Å²) in [5.74, 6) is 2.44. The average molecular weight is 247 g/mol. The van der Waals surface area contributed by atoms with Gasteiger partial charge in [0.15, 0.2) is 11.5 Å². The minimum absolute atomic E-state index is 0.331. The van der Waals surface area contributed by atoms with Gasteiger partial charge in [-0.15, -0.1) is 0 Å². The zero-order chi connectivity index (χ0) is 12.8. The number of rotatable bonds is 0. The van der Waals surface area contributed by atoms with Gasteiger partial charge in [0.2, 0.25) is 0 Å². The first-order chi connectivity index (χ1) is 8.54. The highest BCUT2D eigenvalue weighted by Crippen LogP contribution is 2.41. The van der Waals surface area contributed by atoms with Crippen molar-refractivity contribution in [2.24, 2.45) is 11.3 Å². The normalized spacial score (nSPS) is 22.1. The molecule has 2 aliphatic heterocycles. The molecule has 1 aromatic rings. The third-order valence-electron chi connectivity index (χ3n) is 4.00. The molecule has 0 spiro atoms. The molecule has 0 radical (unpaired) electrons. The quantitative estimate of drug-likeness (QED) is 0.764. The van der Waals surface area contributed by atoms with E-state index in [0.717, 1.165) is 24.5 Å². The monoisotopic (exact) mass is 247 g/mol. The second-order valence-electron chi connectivity index (χ2n) is 6.30. The third-order valence-corrected chi connectivity index (χ3v) is 4.00. The molecule has 2 aliphatic rings. The summed E-state index contributed by atoms with van der Waals surface area (Å²) in [5.41, 5.74) is 2.89. The van der Waals surface area contributed by atoms with E-state index in [1.807, 2.05) is 0 Å². The summed E-state index contributed by atoms with van der Waals surface area (Å²) in [6.45, 7) is 9.27. The predicted molar refractivity (Wildman–Crippen MR) is 72.6 cm³/mol. The Morgan fingerprint density at radius 3 is 2.44 bits per heavy atom. The Kier molecular flexibility index (Phi) is 2.65. The number of fused-ring (bicyclic) bond motifs is 2. The molecule has 0 amide bonds. The van der Waals surface area contributed by atoms with Crippen molar-refractivity contribution >= 4 is 5.69 Å². The molecule has 98 valence electrons. The first-order valence-corrected chi connectivity index (χ1v) is 6.70. The molecule has 3 heteroatoms. The molecule has 18 heavy (non-hydrogen) atoms. The Hall–Kier alpha value is -1.38. The van der Waals surface area contributed by atoms with Crippen LogP contribution in [-0.2, 0) is 6.42 Å². The molecular weight excluding hydrogens is 226 g/mol. The first-order valence-electron chi connectivity index (χ1n) is 6.70. The van der Waals surface area contributed by atoms with Crippen molar-refractivity contribution in [1.29, 1.82) is 0 Å². The lowest BCUT2D eigenvalue weighted by molar-refractivity contribution is 0.171. The number of nitrogens with one attached hydrogen (secondary N) is 1. The summed E-state index contributed by atoms with van der Waals surface area (Å²) < 4.78 is 11.3. The van der Waals surface area contributed by atoms with Crippen molar-refractivity contribution in [3.8, 4) is 11.5 Å². The van der Waals surface area contributed by atoms with Crippen molar-refractivity contribution in [2.45, 2.75) is 27.2 Å². The average Bonchev–Trinajstić information content (AvgIpc) is 2.34. The number of benzene rings is 1. The predicted octanol–water partition coefficient (Wildman–Crippen LogP) is 3.09. The van der Waals surface area contributed by atoms with E-state index < -0.39 is 0 Å². The molecule has 2 heterocycles. The minimum atomic E-state index is 0.331. The number of hydrogen-bond donors (Lipinski definition) is 1. The summed E-state index contributed by atoms with van der Waals surface area (Å²) in [5, 5.41) is 3.53. The van der Waals surface area contributed by atoms with Crippen molar-refractivity contribution in [1.82, 2.24) is 0 Å². The van der Waals surface area contributed by atoms with Crippen LogP contribution in [0.15, 0.2) is 12.1 Å². The van der Waals surface area contributed by atoms with Crippen LogP contribution in [0.2, 0.25) is 0 Å². The second kappa shape index (κ2) is 4.08. The van der Waals surface area contributed by atoms with E-state index in [1.165, 1.54) is 11.3 Å². The van der Waals surface area contributed by atoms with E-state index >= 15 is 0 Å². The van der Waals surface area contributed by atoms with Crippen LogP contribution in [0.4, 0.5) is 5.69 Å². The topological polar surface area (TPSA) is 30.5 Å². The molecule has 0 aliphatic carbocycles. The fourth-order valence-electron chi connectivity index (χ4n) is 2.65. The number of ether oxygens (including phenoxy) is 2.